The summed E-state index contributed by atoms with van der Waals surface area (Å²) in [4.78, 5) is 20.5. The van der Waals surface area contributed by atoms with Gasteiger partial charge in [0.25, 0.3) is 0 Å². The number of carboxylic acid groups (broad SMARTS) is 2. The van der Waals surface area contributed by atoms with E-state index in [4.69, 9.17) is 31.4 Å². The lowest BCUT2D eigenvalue weighted by molar-refractivity contribution is -0.159. The minimum absolute atomic E-state index is 0.132. The predicted octanol–water partition coefficient (Wildman–Crippen LogP) is 2.14. The lowest BCUT2D eigenvalue weighted by Crippen LogP contribution is -2.48. The Morgan fingerprint density at radius 3 is 2.03 bits per heavy atom. The van der Waals surface area contributed by atoms with Crippen LogP contribution >= 0.6 is 11.6 Å². The largest absolute Gasteiger partial charge is 0.473 e. The van der Waals surface area contributed by atoms with Crippen molar-refractivity contribution in [3.63, 3.8) is 0 Å². The summed E-state index contributed by atoms with van der Waals surface area (Å²) in [5.74, 6) is -4.09. The van der Waals surface area contributed by atoms with Gasteiger partial charge in [-0.05, 0) is 42.0 Å². The van der Waals surface area contributed by atoms with Gasteiger partial charge < -0.3 is 10.2 Å². The number of sulfonamides is 1. The van der Waals surface area contributed by atoms with E-state index in [1.165, 1.54) is 28.6 Å². The Morgan fingerprint density at radius 2 is 1.53 bits per heavy atom. The van der Waals surface area contributed by atoms with Gasteiger partial charge in [-0.2, -0.15) is 4.31 Å². The van der Waals surface area contributed by atoms with Gasteiger partial charge in [-0.3, -0.25) is 4.90 Å². The van der Waals surface area contributed by atoms with Crippen LogP contribution < -0.4 is 0 Å². The molecule has 0 bridgehead atoms. The maximum atomic E-state index is 13.0. The van der Waals surface area contributed by atoms with Gasteiger partial charge in [-0.15, -0.1) is 0 Å². The molecular weight excluding hydrogens is 439 g/mol. The molecule has 0 aromatic heterocycles. The van der Waals surface area contributed by atoms with Gasteiger partial charge >= 0.3 is 11.9 Å². The van der Waals surface area contributed by atoms with Crippen LogP contribution in [0.2, 0.25) is 5.02 Å². The fraction of sp³-hybridized carbons (Fsp3) is 0.263. The first-order chi connectivity index (χ1) is 14.1. The van der Waals surface area contributed by atoms with Crippen molar-refractivity contribution < 1.29 is 32.6 Å². The van der Waals surface area contributed by atoms with E-state index in [-0.39, 0.29) is 4.90 Å². The lowest BCUT2D eigenvalue weighted by atomic mass is 10.2. The molecule has 1 aliphatic heterocycles. The van der Waals surface area contributed by atoms with Crippen LogP contribution in [0.3, 0.4) is 0 Å². The molecule has 1 saturated heterocycles. The zero-order chi connectivity index (χ0) is 22.3. The molecule has 0 atom stereocenters. The zero-order valence-electron chi connectivity index (χ0n) is 15.7. The third-order valence-corrected chi connectivity index (χ3v) is 6.41. The Hall–Kier alpha value is -2.53. The maximum absolute atomic E-state index is 13.0. The Morgan fingerprint density at radius 1 is 0.967 bits per heavy atom. The fourth-order valence-corrected chi connectivity index (χ4v) is 4.41. The van der Waals surface area contributed by atoms with E-state index in [1.807, 2.05) is 24.3 Å². The SMILES string of the molecule is O=C(O)C(=O)O.O=S(=O)(c1ccc(F)cc1)N1CCN(Cc2cccc(Cl)c2)CC1. The standard InChI is InChI=1S/C17H18ClFN2O2S.C2H2O4/c18-15-3-1-2-14(12-15)13-20-8-10-21(11-9-20)24(22,23)17-6-4-16(19)5-7-17;3-1(4)2(5)6/h1-7,12H,8-11,13H2;(H,3,4)(H,5,6). The zero-order valence-corrected chi connectivity index (χ0v) is 17.3. The van der Waals surface area contributed by atoms with Crippen LogP contribution in [-0.2, 0) is 26.2 Å². The first-order valence-corrected chi connectivity index (χ1v) is 10.6. The number of benzene rings is 2. The molecule has 11 heteroatoms. The summed E-state index contributed by atoms with van der Waals surface area (Å²) in [6.45, 7) is 2.87. The highest BCUT2D eigenvalue weighted by molar-refractivity contribution is 7.89. The number of hydrogen-bond donors (Lipinski definition) is 2. The summed E-state index contributed by atoms with van der Waals surface area (Å²) < 4.78 is 39.6. The van der Waals surface area contributed by atoms with Crippen molar-refractivity contribution in [3.05, 3.63) is 64.9 Å². The third-order valence-electron chi connectivity index (χ3n) is 4.26. The van der Waals surface area contributed by atoms with Crippen molar-refractivity contribution in [1.29, 1.82) is 0 Å². The Kier molecular flexibility index (Phi) is 8.30. The number of nitrogens with zero attached hydrogens (tertiary/aromatic N) is 2. The van der Waals surface area contributed by atoms with E-state index >= 15 is 0 Å². The second-order valence-electron chi connectivity index (χ2n) is 6.37. The smallest absolute Gasteiger partial charge is 0.414 e. The third kappa shape index (κ3) is 6.77. The Balaban J connectivity index is 0.000000469. The van der Waals surface area contributed by atoms with E-state index < -0.39 is 27.8 Å². The van der Waals surface area contributed by atoms with E-state index in [1.54, 1.807) is 0 Å². The van der Waals surface area contributed by atoms with Crippen molar-refractivity contribution in [2.45, 2.75) is 11.4 Å². The molecule has 0 amide bonds. The Labute approximate surface area is 178 Å². The number of rotatable bonds is 4. The molecule has 0 radical (unpaired) electrons. The van der Waals surface area contributed by atoms with Crippen LogP contribution in [0.5, 0.6) is 0 Å². The Bertz CT molecular complexity index is 980. The molecule has 162 valence electrons. The number of hydrogen-bond acceptors (Lipinski definition) is 5. The molecule has 0 saturated carbocycles. The quantitative estimate of drug-likeness (QED) is 0.674. The van der Waals surface area contributed by atoms with Gasteiger partial charge in [-0.25, -0.2) is 22.4 Å². The molecule has 30 heavy (non-hydrogen) atoms. The summed E-state index contributed by atoms with van der Waals surface area (Å²) in [6.07, 6.45) is 0. The van der Waals surface area contributed by atoms with Gasteiger partial charge in [0.2, 0.25) is 10.0 Å². The predicted molar refractivity (Wildman–Crippen MR) is 107 cm³/mol. The molecule has 2 aromatic carbocycles. The molecule has 0 aliphatic carbocycles. The first-order valence-electron chi connectivity index (χ1n) is 8.78. The van der Waals surface area contributed by atoms with Gasteiger partial charge in [0.05, 0.1) is 4.90 Å². The molecular formula is C19H20ClFN2O6S. The van der Waals surface area contributed by atoms with Crippen LogP contribution in [0.15, 0.2) is 53.4 Å². The summed E-state index contributed by atoms with van der Waals surface area (Å²) in [7, 11) is -3.56. The van der Waals surface area contributed by atoms with Gasteiger partial charge in [0.1, 0.15) is 5.82 Å². The molecule has 2 aromatic rings. The molecule has 1 fully saturated rings. The molecule has 8 nitrogen and oxygen atoms in total. The highest BCUT2D eigenvalue weighted by atomic mass is 35.5. The minimum Gasteiger partial charge on any atom is -0.473 e. The number of carbonyl (C=O) groups is 2. The number of piperazine rings is 1. The normalized spacial score (nSPS) is 15.1. The fourth-order valence-electron chi connectivity index (χ4n) is 2.78. The molecule has 2 N–H and O–H groups in total. The monoisotopic (exact) mass is 458 g/mol. The van der Waals surface area contributed by atoms with Crippen molar-refractivity contribution in [1.82, 2.24) is 9.21 Å². The maximum Gasteiger partial charge on any atom is 0.414 e. The van der Waals surface area contributed by atoms with Crippen molar-refractivity contribution in [2.75, 3.05) is 26.2 Å². The van der Waals surface area contributed by atoms with Gasteiger partial charge in [-0.1, -0.05) is 23.7 Å². The van der Waals surface area contributed by atoms with Crippen LogP contribution in [-0.4, -0.2) is 66.0 Å². The van der Waals surface area contributed by atoms with Crippen molar-refractivity contribution in [3.8, 4) is 0 Å². The second kappa shape index (κ2) is 10.5. The van der Waals surface area contributed by atoms with Gasteiger partial charge in [0, 0.05) is 37.7 Å². The summed E-state index contributed by atoms with van der Waals surface area (Å²) in [5, 5.41) is 15.5. The number of halogens is 2. The van der Waals surface area contributed by atoms with Crippen molar-refractivity contribution >= 4 is 33.6 Å². The molecule has 0 unspecified atom stereocenters. The summed E-state index contributed by atoms with van der Waals surface area (Å²) in [5.41, 5.74) is 1.11. The first kappa shape index (κ1) is 23.7. The van der Waals surface area contributed by atoms with Crippen LogP contribution in [0.4, 0.5) is 4.39 Å². The molecule has 1 aliphatic rings. The average molecular weight is 459 g/mol. The number of aliphatic carboxylic acids is 2. The second-order valence-corrected chi connectivity index (χ2v) is 8.75. The highest BCUT2D eigenvalue weighted by Gasteiger charge is 2.28. The number of carboxylic acids is 2. The minimum atomic E-state index is -3.56. The van der Waals surface area contributed by atoms with E-state index in [9.17, 15) is 12.8 Å². The van der Waals surface area contributed by atoms with Crippen LogP contribution in [0, 0.1) is 5.82 Å². The average Bonchev–Trinajstić information content (AvgIpc) is 2.69. The van der Waals surface area contributed by atoms with Crippen LogP contribution in [0.1, 0.15) is 5.56 Å². The molecule has 3 rings (SSSR count). The van der Waals surface area contributed by atoms with Crippen LogP contribution in [0.25, 0.3) is 0 Å². The summed E-state index contributed by atoms with van der Waals surface area (Å²) >= 11 is 5.99. The lowest BCUT2D eigenvalue weighted by Gasteiger charge is -2.34. The molecule has 1 heterocycles. The van der Waals surface area contributed by atoms with Crippen molar-refractivity contribution in [2.24, 2.45) is 0 Å². The topological polar surface area (TPSA) is 115 Å². The van der Waals surface area contributed by atoms with E-state index in [0.717, 1.165) is 12.1 Å². The molecule has 0 spiro atoms. The van der Waals surface area contributed by atoms with Gasteiger partial charge in [0.15, 0.2) is 0 Å². The summed E-state index contributed by atoms with van der Waals surface area (Å²) in [6, 6.07) is 12.6. The highest BCUT2D eigenvalue weighted by Crippen LogP contribution is 2.19. The van der Waals surface area contributed by atoms with E-state index in [2.05, 4.69) is 4.90 Å². The van der Waals surface area contributed by atoms with E-state index in [0.29, 0.717) is 31.2 Å².